The molecule has 1 N–H and O–H groups in total. The number of aromatic nitrogens is 1. The van der Waals surface area contributed by atoms with Crippen molar-refractivity contribution in [2.24, 2.45) is 0 Å². The zero-order valence-electron chi connectivity index (χ0n) is 6.60. The highest BCUT2D eigenvalue weighted by Crippen LogP contribution is 2.20. The lowest BCUT2D eigenvalue weighted by atomic mass is 10.4. The molecule has 1 aromatic heterocycles. The Labute approximate surface area is 85.5 Å². The molecular formula is C7H4BrF3N2O. The number of nitrogens with one attached hydrogen (secondary N) is 1. The van der Waals surface area contributed by atoms with Crippen molar-refractivity contribution in [3.8, 4) is 0 Å². The van der Waals surface area contributed by atoms with E-state index >= 15 is 0 Å². The Hall–Kier alpha value is -1.11. The van der Waals surface area contributed by atoms with E-state index in [1.165, 1.54) is 6.20 Å². The predicted molar refractivity (Wildman–Crippen MR) is 46.5 cm³/mol. The lowest BCUT2D eigenvalue weighted by molar-refractivity contribution is -0.126. The van der Waals surface area contributed by atoms with Crippen molar-refractivity contribution in [2.75, 3.05) is 5.32 Å². The maximum Gasteiger partial charge on any atom is 0.315 e. The number of alkyl halides is 2. The minimum Gasteiger partial charge on any atom is -0.318 e. The molecule has 0 aliphatic heterocycles. The van der Waals surface area contributed by atoms with Gasteiger partial charge in [-0.1, -0.05) is 0 Å². The van der Waals surface area contributed by atoms with Gasteiger partial charge >= 0.3 is 6.43 Å². The second kappa shape index (κ2) is 4.41. The van der Waals surface area contributed by atoms with Crippen LogP contribution in [0.25, 0.3) is 0 Å². The SMILES string of the molecule is O=C(Nc1ccnc(Br)c1F)C(F)F. The van der Waals surface area contributed by atoms with Crippen LogP contribution in [-0.2, 0) is 4.79 Å². The fourth-order valence-corrected chi connectivity index (χ4v) is 1.03. The summed E-state index contributed by atoms with van der Waals surface area (Å²) in [7, 11) is 0. The molecule has 0 spiro atoms. The van der Waals surface area contributed by atoms with Crippen LogP contribution in [0.5, 0.6) is 0 Å². The zero-order valence-corrected chi connectivity index (χ0v) is 8.19. The average Bonchev–Trinajstić information content (AvgIpc) is 2.12. The summed E-state index contributed by atoms with van der Waals surface area (Å²) in [5, 5.41) is 1.72. The number of amides is 1. The van der Waals surface area contributed by atoms with Crippen molar-refractivity contribution in [2.45, 2.75) is 6.43 Å². The van der Waals surface area contributed by atoms with Gasteiger partial charge in [0.25, 0.3) is 5.91 Å². The Kier molecular flexibility index (Phi) is 3.45. The number of halogens is 4. The van der Waals surface area contributed by atoms with E-state index in [4.69, 9.17) is 0 Å². The van der Waals surface area contributed by atoms with E-state index in [9.17, 15) is 18.0 Å². The molecule has 1 rings (SSSR count). The fourth-order valence-electron chi connectivity index (χ4n) is 0.702. The fraction of sp³-hybridized carbons (Fsp3) is 0.143. The van der Waals surface area contributed by atoms with Gasteiger partial charge in [0.2, 0.25) is 0 Å². The normalized spacial score (nSPS) is 10.4. The third-order valence-corrected chi connectivity index (χ3v) is 1.86. The van der Waals surface area contributed by atoms with Crippen molar-refractivity contribution in [1.82, 2.24) is 4.98 Å². The molecule has 0 aliphatic rings. The summed E-state index contributed by atoms with van der Waals surface area (Å²) in [6, 6.07) is 1.08. The molecule has 0 saturated carbocycles. The van der Waals surface area contributed by atoms with E-state index in [2.05, 4.69) is 20.9 Å². The van der Waals surface area contributed by atoms with Gasteiger partial charge in [0.15, 0.2) is 5.82 Å². The topological polar surface area (TPSA) is 42.0 Å². The van der Waals surface area contributed by atoms with Crippen LogP contribution >= 0.6 is 15.9 Å². The van der Waals surface area contributed by atoms with Crippen LogP contribution in [0, 0.1) is 5.82 Å². The molecule has 0 aromatic carbocycles. The summed E-state index contributed by atoms with van der Waals surface area (Å²) >= 11 is 2.75. The molecule has 7 heteroatoms. The number of hydrogen-bond acceptors (Lipinski definition) is 2. The van der Waals surface area contributed by atoms with Gasteiger partial charge < -0.3 is 5.32 Å². The first kappa shape index (κ1) is 11.0. The molecule has 14 heavy (non-hydrogen) atoms. The minimum absolute atomic E-state index is 0.149. The molecule has 3 nitrogen and oxygen atoms in total. The highest BCUT2D eigenvalue weighted by Gasteiger charge is 2.17. The van der Waals surface area contributed by atoms with Gasteiger partial charge in [0, 0.05) is 6.20 Å². The van der Waals surface area contributed by atoms with Crippen molar-refractivity contribution in [3.05, 3.63) is 22.7 Å². The van der Waals surface area contributed by atoms with Crippen LogP contribution in [0.15, 0.2) is 16.9 Å². The van der Waals surface area contributed by atoms with E-state index in [0.29, 0.717) is 0 Å². The van der Waals surface area contributed by atoms with Crippen LogP contribution < -0.4 is 5.32 Å². The van der Waals surface area contributed by atoms with E-state index < -0.39 is 18.1 Å². The largest absolute Gasteiger partial charge is 0.318 e. The van der Waals surface area contributed by atoms with Gasteiger partial charge in [-0.2, -0.15) is 8.78 Å². The number of anilines is 1. The standard InChI is InChI=1S/C7H4BrF3N2O/c8-5-4(9)3(1-2-12-5)13-7(14)6(10)11/h1-2,6H,(H,12,13,14). The minimum atomic E-state index is -3.18. The first-order chi connectivity index (χ1) is 6.52. The molecule has 1 amide bonds. The van der Waals surface area contributed by atoms with Gasteiger partial charge in [0.05, 0.1) is 5.69 Å². The summed E-state index contributed by atoms with van der Waals surface area (Å²) < 4.78 is 36.5. The number of pyridine rings is 1. The number of hydrogen-bond donors (Lipinski definition) is 1. The second-order valence-electron chi connectivity index (χ2n) is 2.25. The third-order valence-electron chi connectivity index (χ3n) is 1.30. The summed E-state index contributed by atoms with van der Waals surface area (Å²) in [4.78, 5) is 14.0. The summed E-state index contributed by atoms with van der Waals surface area (Å²) in [6.45, 7) is 0. The molecule has 0 bridgehead atoms. The number of carbonyl (C=O) groups excluding carboxylic acids is 1. The molecule has 0 saturated heterocycles. The van der Waals surface area contributed by atoms with Crippen molar-refractivity contribution < 1.29 is 18.0 Å². The number of nitrogens with zero attached hydrogens (tertiary/aromatic N) is 1. The maximum atomic E-state index is 13.1. The Bertz CT molecular complexity index is 359. The number of carbonyl (C=O) groups is 1. The second-order valence-corrected chi connectivity index (χ2v) is 3.00. The van der Waals surface area contributed by atoms with Gasteiger partial charge in [-0.25, -0.2) is 9.37 Å². The Morgan fingerprint density at radius 1 is 1.57 bits per heavy atom. The highest BCUT2D eigenvalue weighted by molar-refractivity contribution is 9.10. The van der Waals surface area contributed by atoms with E-state index in [1.54, 1.807) is 5.32 Å². The predicted octanol–water partition coefficient (Wildman–Crippen LogP) is 2.19. The van der Waals surface area contributed by atoms with E-state index in [-0.39, 0.29) is 10.3 Å². The highest BCUT2D eigenvalue weighted by atomic mass is 79.9. The molecule has 0 unspecified atom stereocenters. The smallest absolute Gasteiger partial charge is 0.315 e. The van der Waals surface area contributed by atoms with Crippen LogP contribution in [-0.4, -0.2) is 17.3 Å². The Morgan fingerprint density at radius 2 is 2.21 bits per heavy atom. The molecule has 0 atom stereocenters. The van der Waals surface area contributed by atoms with E-state index in [0.717, 1.165) is 6.07 Å². The first-order valence-electron chi connectivity index (χ1n) is 3.41. The van der Waals surface area contributed by atoms with Gasteiger partial charge in [-0.15, -0.1) is 0 Å². The van der Waals surface area contributed by atoms with Crippen molar-refractivity contribution in [3.63, 3.8) is 0 Å². The van der Waals surface area contributed by atoms with Crippen LogP contribution in [0.4, 0.5) is 18.9 Å². The number of rotatable bonds is 2. The van der Waals surface area contributed by atoms with Gasteiger partial charge in [0.1, 0.15) is 4.60 Å². The molecule has 0 aliphatic carbocycles. The maximum absolute atomic E-state index is 13.1. The Balaban J connectivity index is 2.87. The lowest BCUT2D eigenvalue weighted by Crippen LogP contribution is -2.20. The summed E-state index contributed by atoms with van der Waals surface area (Å²) in [6.07, 6.45) is -2.00. The zero-order chi connectivity index (χ0) is 10.7. The molecule has 76 valence electrons. The average molecular weight is 269 g/mol. The Morgan fingerprint density at radius 3 is 2.79 bits per heavy atom. The monoisotopic (exact) mass is 268 g/mol. The van der Waals surface area contributed by atoms with Crippen LogP contribution in [0.1, 0.15) is 0 Å². The molecular weight excluding hydrogens is 265 g/mol. The van der Waals surface area contributed by atoms with Crippen molar-refractivity contribution in [1.29, 1.82) is 0 Å². The van der Waals surface area contributed by atoms with Gasteiger partial charge in [-0.3, -0.25) is 4.79 Å². The lowest BCUT2D eigenvalue weighted by Gasteiger charge is -2.05. The van der Waals surface area contributed by atoms with Gasteiger partial charge in [-0.05, 0) is 22.0 Å². The third kappa shape index (κ3) is 2.44. The molecule has 1 aromatic rings. The first-order valence-corrected chi connectivity index (χ1v) is 4.20. The summed E-state index contributed by atoms with van der Waals surface area (Å²) in [5.74, 6) is -2.44. The van der Waals surface area contributed by atoms with Crippen LogP contribution in [0.3, 0.4) is 0 Å². The quantitative estimate of drug-likeness (QED) is 0.836. The van der Waals surface area contributed by atoms with Crippen molar-refractivity contribution >= 4 is 27.5 Å². The molecule has 1 heterocycles. The molecule has 0 fully saturated rings. The van der Waals surface area contributed by atoms with Crippen LogP contribution in [0.2, 0.25) is 0 Å². The molecule has 0 radical (unpaired) electrons. The van der Waals surface area contributed by atoms with E-state index in [1.807, 2.05) is 0 Å². The summed E-state index contributed by atoms with van der Waals surface area (Å²) in [5.41, 5.74) is -0.336.